The lowest BCUT2D eigenvalue weighted by molar-refractivity contribution is 0.0698. The molecule has 0 aromatic carbocycles. The van der Waals surface area contributed by atoms with E-state index in [1.807, 2.05) is 0 Å². The quantitative estimate of drug-likeness (QED) is 0.776. The summed E-state index contributed by atoms with van der Waals surface area (Å²) in [6.45, 7) is 9.68. The molecule has 1 heterocycles. The molecule has 0 bridgehead atoms. The van der Waals surface area contributed by atoms with Crippen LogP contribution in [-0.2, 0) is 0 Å². The number of anilines is 2. The van der Waals surface area contributed by atoms with Crippen molar-refractivity contribution in [2.45, 2.75) is 27.7 Å². The van der Waals surface area contributed by atoms with Gasteiger partial charge in [-0.1, -0.05) is 27.7 Å². The Morgan fingerprint density at radius 3 is 2.47 bits per heavy atom. The monoisotopic (exact) mass is 263 g/mol. The first-order chi connectivity index (χ1) is 8.68. The lowest BCUT2D eigenvalue weighted by Gasteiger charge is -2.10. The second-order valence-electron chi connectivity index (χ2n) is 6.34. The van der Waals surface area contributed by atoms with E-state index in [2.05, 4.69) is 38.0 Å². The van der Waals surface area contributed by atoms with Gasteiger partial charge in [0.05, 0.1) is 17.4 Å². The van der Waals surface area contributed by atoms with Crippen LogP contribution >= 0.6 is 0 Å². The fourth-order valence-corrected chi connectivity index (χ4v) is 2.84. The Hall–Kier alpha value is -1.78. The normalized spacial score (nSPS) is 20.0. The van der Waals surface area contributed by atoms with E-state index in [0.29, 0.717) is 11.6 Å². The lowest BCUT2D eigenvalue weighted by atomic mass is 10.0. The average Bonchev–Trinajstić information content (AvgIpc) is 2.68. The minimum absolute atomic E-state index is 0.170. The van der Waals surface area contributed by atoms with Crippen molar-refractivity contribution in [3.05, 3.63) is 17.8 Å². The van der Waals surface area contributed by atoms with Crippen LogP contribution in [0.4, 0.5) is 11.5 Å². The molecule has 1 aliphatic carbocycles. The van der Waals surface area contributed by atoms with Gasteiger partial charge in [-0.25, -0.2) is 9.78 Å². The minimum atomic E-state index is -0.995. The summed E-state index contributed by atoms with van der Waals surface area (Å²) < 4.78 is 0. The number of hydrogen-bond donors (Lipinski definition) is 3. The molecule has 1 fully saturated rings. The van der Waals surface area contributed by atoms with E-state index in [9.17, 15) is 4.79 Å². The van der Waals surface area contributed by atoms with Crippen molar-refractivity contribution >= 4 is 17.5 Å². The largest absolute Gasteiger partial charge is 0.478 e. The maximum Gasteiger partial charge on any atom is 0.337 e. The van der Waals surface area contributed by atoms with Crippen LogP contribution in [0.3, 0.4) is 0 Å². The Morgan fingerprint density at radius 1 is 1.42 bits per heavy atom. The highest BCUT2D eigenvalue weighted by atomic mass is 16.4. The van der Waals surface area contributed by atoms with Crippen LogP contribution in [0, 0.1) is 16.7 Å². The summed E-state index contributed by atoms with van der Waals surface area (Å²) in [6, 6.07) is 1.38. The number of carboxylic acid groups (broad SMARTS) is 1. The molecule has 0 amide bonds. The fraction of sp³-hybridized carbons (Fsp3) is 0.571. The third kappa shape index (κ3) is 2.13. The number of hydrogen-bond acceptors (Lipinski definition) is 4. The molecule has 0 aliphatic heterocycles. The highest BCUT2D eigenvalue weighted by Gasteiger charge is 2.64. The Labute approximate surface area is 113 Å². The van der Waals surface area contributed by atoms with Gasteiger partial charge in [0.25, 0.3) is 0 Å². The number of carbonyl (C=O) groups is 1. The molecule has 5 heteroatoms. The molecule has 0 atom stereocenters. The Balaban J connectivity index is 2.11. The van der Waals surface area contributed by atoms with Crippen molar-refractivity contribution in [3.8, 4) is 0 Å². The van der Waals surface area contributed by atoms with E-state index >= 15 is 0 Å². The molecular formula is C14H21N3O2. The van der Waals surface area contributed by atoms with Gasteiger partial charge in [0, 0.05) is 6.54 Å². The summed E-state index contributed by atoms with van der Waals surface area (Å²) in [5, 5.41) is 12.3. The number of nitrogens with one attached hydrogen (secondary N) is 1. The third-order valence-corrected chi connectivity index (χ3v) is 4.97. The Kier molecular flexibility index (Phi) is 2.96. The summed E-state index contributed by atoms with van der Waals surface area (Å²) in [6.07, 6.45) is 1.49. The molecule has 0 spiro atoms. The molecule has 2 rings (SSSR count). The number of nitrogen functional groups attached to an aromatic ring is 1. The van der Waals surface area contributed by atoms with E-state index in [1.165, 1.54) is 12.3 Å². The van der Waals surface area contributed by atoms with Crippen LogP contribution < -0.4 is 11.1 Å². The molecule has 1 aromatic rings. The number of nitrogens with two attached hydrogens (primary N) is 1. The molecule has 104 valence electrons. The van der Waals surface area contributed by atoms with Gasteiger partial charge in [-0.15, -0.1) is 0 Å². The highest BCUT2D eigenvalue weighted by molar-refractivity contribution is 5.94. The van der Waals surface area contributed by atoms with Crippen molar-refractivity contribution in [1.29, 1.82) is 0 Å². The van der Waals surface area contributed by atoms with Crippen LogP contribution in [0.1, 0.15) is 38.1 Å². The van der Waals surface area contributed by atoms with Gasteiger partial charge in [0.1, 0.15) is 5.82 Å². The van der Waals surface area contributed by atoms with Crippen LogP contribution in [0.2, 0.25) is 0 Å². The topological polar surface area (TPSA) is 88.2 Å². The Bertz CT molecular complexity index is 509. The van der Waals surface area contributed by atoms with Crippen LogP contribution in [0.25, 0.3) is 0 Å². The predicted octanol–water partition coefficient (Wildman–Crippen LogP) is 2.46. The van der Waals surface area contributed by atoms with Crippen LogP contribution in [0.15, 0.2) is 12.3 Å². The number of carboxylic acids is 1. The molecular weight excluding hydrogens is 242 g/mol. The van der Waals surface area contributed by atoms with Gasteiger partial charge in [-0.3, -0.25) is 0 Å². The summed E-state index contributed by atoms with van der Waals surface area (Å²) >= 11 is 0. The van der Waals surface area contributed by atoms with E-state index in [-0.39, 0.29) is 22.2 Å². The molecule has 0 radical (unpaired) electrons. The predicted molar refractivity (Wildman–Crippen MR) is 75.2 cm³/mol. The zero-order valence-corrected chi connectivity index (χ0v) is 11.8. The fourth-order valence-electron chi connectivity index (χ4n) is 2.84. The van der Waals surface area contributed by atoms with Gasteiger partial charge in [0.2, 0.25) is 0 Å². The van der Waals surface area contributed by atoms with Crippen LogP contribution in [0.5, 0.6) is 0 Å². The molecule has 4 N–H and O–H groups in total. The molecule has 19 heavy (non-hydrogen) atoms. The van der Waals surface area contributed by atoms with Gasteiger partial charge < -0.3 is 16.2 Å². The molecule has 1 aliphatic rings. The van der Waals surface area contributed by atoms with Crippen LogP contribution in [-0.4, -0.2) is 22.6 Å². The first-order valence-electron chi connectivity index (χ1n) is 6.40. The van der Waals surface area contributed by atoms with Crippen molar-refractivity contribution in [3.63, 3.8) is 0 Å². The number of aromatic nitrogens is 1. The first-order valence-corrected chi connectivity index (χ1v) is 6.40. The first kappa shape index (κ1) is 13.6. The Morgan fingerprint density at radius 2 is 2.00 bits per heavy atom. The zero-order chi connectivity index (χ0) is 14.4. The van der Waals surface area contributed by atoms with E-state index in [0.717, 1.165) is 6.54 Å². The standard InChI is InChI=1S/C14H21N3O2/c1-13(2)10(14(13,3)4)7-16-9-6-17-11(15)5-8(9)12(18)19/h5-6,10,16H,7H2,1-4H3,(H2,15,17)(H,18,19). The van der Waals surface area contributed by atoms with Crippen molar-refractivity contribution in [1.82, 2.24) is 4.98 Å². The number of aromatic carboxylic acids is 1. The zero-order valence-electron chi connectivity index (χ0n) is 11.8. The molecule has 5 nitrogen and oxygen atoms in total. The summed E-state index contributed by atoms with van der Waals surface area (Å²) in [4.78, 5) is 15.1. The molecule has 1 aromatic heterocycles. The van der Waals surface area contributed by atoms with Crippen molar-refractivity contribution < 1.29 is 9.90 Å². The maximum absolute atomic E-state index is 11.2. The number of pyridine rings is 1. The van der Waals surface area contributed by atoms with E-state index < -0.39 is 5.97 Å². The smallest absolute Gasteiger partial charge is 0.337 e. The molecule has 1 saturated carbocycles. The van der Waals surface area contributed by atoms with E-state index in [4.69, 9.17) is 10.8 Å². The van der Waals surface area contributed by atoms with Gasteiger partial charge in [-0.05, 0) is 22.8 Å². The second kappa shape index (κ2) is 4.11. The summed E-state index contributed by atoms with van der Waals surface area (Å²) in [7, 11) is 0. The average molecular weight is 263 g/mol. The minimum Gasteiger partial charge on any atom is -0.478 e. The maximum atomic E-state index is 11.2. The lowest BCUT2D eigenvalue weighted by Crippen LogP contribution is -2.12. The number of nitrogens with zero attached hydrogens (tertiary/aromatic N) is 1. The molecule has 0 saturated heterocycles. The SMILES string of the molecule is CC1(C)C(CNc2cnc(N)cc2C(=O)O)C1(C)C. The molecule has 0 unspecified atom stereocenters. The van der Waals surface area contributed by atoms with E-state index in [1.54, 1.807) is 0 Å². The van der Waals surface area contributed by atoms with Gasteiger partial charge >= 0.3 is 5.97 Å². The van der Waals surface area contributed by atoms with Crippen molar-refractivity contribution in [2.75, 3.05) is 17.6 Å². The van der Waals surface area contributed by atoms with Crippen molar-refractivity contribution in [2.24, 2.45) is 16.7 Å². The summed E-state index contributed by atoms with van der Waals surface area (Å²) in [5.74, 6) is -0.264. The second-order valence-corrected chi connectivity index (χ2v) is 6.34. The van der Waals surface area contributed by atoms with Gasteiger partial charge in [0.15, 0.2) is 0 Å². The highest BCUT2D eigenvalue weighted by Crippen LogP contribution is 2.68. The third-order valence-electron chi connectivity index (χ3n) is 4.97. The van der Waals surface area contributed by atoms with Gasteiger partial charge in [-0.2, -0.15) is 0 Å². The summed E-state index contributed by atoms with van der Waals surface area (Å²) in [5.41, 5.74) is 6.75. The number of rotatable bonds is 4.